The van der Waals surface area contributed by atoms with Crippen molar-refractivity contribution in [2.75, 3.05) is 6.61 Å². The Labute approximate surface area is 303 Å². The van der Waals surface area contributed by atoms with Gasteiger partial charge in [-0.25, -0.2) is 4.79 Å². The van der Waals surface area contributed by atoms with Gasteiger partial charge in [0.2, 0.25) is 29.5 Å². The van der Waals surface area contributed by atoms with E-state index in [1.165, 1.54) is 6.92 Å². The summed E-state index contributed by atoms with van der Waals surface area (Å²) in [5, 5.41) is 33.2. The van der Waals surface area contributed by atoms with Gasteiger partial charge in [-0.05, 0) is 50.4 Å². The van der Waals surface area contributed by atoms with E-state index in [4.69, 9.17) is 10.5 Å². The van der Waals surface area contributed by atoms with Crippen LogP contribution in [0.15, 0.2) is 0 Å². The van der Waals surface area contributed by atoms with Crippen molar-refractivity contribution in [3.8, 4) is 0 Å². The number of carbonyl (C=O) groups is 6. The first-order chi connectivity index (χ1) is 23.9. The highest BCUT2D eigenvalue weighted by atomic mass is 16.5. The standard InChI is InChI=1S/C36H66N6O9/c1-9-10-11-12-13-14-15-16-27-28(37)34(48)38-24(17-20(2)3)31(45)40-26(19-43)33(47)42-30(23(8)44)35(49)39-25(18-21(4)5)32(46)41-29(22(6)7)36(50)51-27/h20-30,43-44H,9-19,37H2,1-8H3,(H,38,48)(H,39,49)(H,40,45)(H,41,46)(H,42,47)/t23-,24+,25+,26+,27?,28+,29?,30+/m1/s1. The first-order valence-corrected chi connectivity index (χ1v) is 18.7. The Hall–Kier alpha value is -3.30. The number of unbranched alkanes of at least 4 members (excludes halogenated alkanes) is 6. The molecule has 0 bridgehead atoms. The molecule has 1 fully saturated rings. The molecule has 1 aliphatic heterocycles. The lowest BCUT2D eigenvalue weighted by atomic mass is 9.98. The molecular weight excluding hydrogens is 660 g/mol. The van der Waals surface area contributed by atoms with E-state index in [-0.39, 0.29) is 31.1 Å². The zero-order valence-electron chi connectivity index (χ0n) is 32.0. The lowest BCUT2D eigenvalue weighted by Crippen LogP contribution is -2.62. The average molecular weight is 727 g/mol. The van der Waals surface area contributed by atoms with Crippen LogP contribution >= 0.6 is 0 Å². The van der Waals surface area contributed by atoms with Gasteiger partial charge in [0.1, 0.15) is 42.4 Å². The minimum absolute atomic E-state index is 0.0951. The van der Waals surface area contributed by atoms with Crippen LogP contribution in [-0.2, 0) is 33.5 Å². The van der Waals surface area contributed by atoms with Gasteiger partial charge < -0.3 is 47.3 Å². The lowest BCUT2D eigenvalue weighted by molar-refractivity contribution is -0.157. The number of hydrogen-bond acceptors (Lipinski definition) is 10. The third kappa shape index (κ3) is 16.3. The summed E-state index contributed by atoms with van der Waals surface area (Å²) in [6.07, 6.45) is 4.84. The predicted molar refractivity (Wildman–Crippen MR) is 193 cm³/mol. The largest absolute Gasteiger partial charge is 0.459 e. The van der Waals surface area contributed by atoms with Crippen LogP contribution in [0.4, 0.5) is 0 Å². The molecule has 1 saturated heterocycles. The number of esters is 1. The summed E-state index contributed by atoms with van der Waals surface area (Å²) in [6, 6.07) is -8.03. The molecule has 8 atom stereocenters. The van der Waals surface area contributed by atoms with Gasteiger partial charge in [0.25, 0.3) is 0 Å². The number of cyclic esters (lactones) is 1. The fourth-order valence-electron chi connectivity index (χ4n) is 5.82. The number of hydrogen-bond donors (Lipinski definition) is 8. The van der Waals surface area contributed by atoms with Crippen LogP contribution in [0.25, 0.3) is 0 Å². The zero-order chi connectivity index (χ0) is 38.8. The Morgan fingerprint density at radius 1 is 0.627 bits per heavy atom. The van der Waals surface area contributed by atoms with Crippen LogP contribution in [0.2, 0.25) is 0 Å². The maximum absolute atomic E-state index is 13.7. The summed E-state index contributed by atoms with van der Waals surface area (Å²) in [7, 11) is 0. The van der Waals surface area contributed by atoms with Gasteiger partial charge >= 0.3 is 5.97 Å². The number of nitrogens with two attached hydrogens (primary N) is 1. The molecule has 0 aliphatic carbocycles. The first kappa shape index (κ1) is 45.7. The number of ether oxygens (including phenoxy) is 1. The highest BCUT2D eigenvalue weighted by Crippen LogP contribution is 2.17. The second-order valence-electron chi connectivity index (χ2n) is 15.0. The third-order valence-electron chi connectivity index (χ3n) is 8.84. The molecule has 1 aliphatic rings. The Kier molecular flexibility index (Phi) is 20.9. The summed E-state index contributed by atoms with van der Waals surface area (Å²) in [5.41, 5.74) is 6.45. The third-order valence-corrected chi connectivity index (χ3v) is 8.84. The molecule has 15 heteroatoms. The molecule has 0 aromatic carbocycles. The number of aliphatic hydroxyl groups excluding tert-OH is 2. The van der Waals surface area contributed by atoms with E-state index in [0.29, 0.717) is 6.42 Å². The van der Waals surface area contributed by atoms with Crippen LogP contribution in [0.1, 0.15) is 120 Å². The van der Waals surface area contributed by atoms with E-state index < -0.39 is 96.5 Å². The van der Waals surface area contributed by atoms with Gasteiger partial charge in [-0.2, -0.15) is 0 Å². The van der Waals surface area contributed by atoms with Crippen molar-refractivity contribution < 1.29 is 43.7 Å². The Balaban J connectivity index is 3.63. The summed E-state index contributed by atoms with van der Waals surface area (Å²) >= 11 is 0. The lowest BCUT2D eigenvalue weighted by Gasteiger charge is -2.30. The topological polar surface area (TPSA) is 238 Å². The summed E-state index contributed by atoms with van der Waals surface area (Å²) in [4.78, 5) is 81.1. The van der Waals surface area contributed by atoms with Crippen molar-refractivity contribution in [1.29, 1.82) is 0 Å². The molecule has 0 saturated carbocycles. The Morgan fingerprint density at radius 3 is 1.57 bits per heavy atom. The van der Waals surface area contributed by atoms with Gasteiger partial charge in [0.15, 0.2) is 0 Å². The van der Waals surface area contributed by atoms with Crippen molar-refractivity contribution in [3.63, 3.8) is 0 Å². The molecule has 1 rings (SSSR count). The molecule has 294 valence electrons. The van der Waals surface area contributed by atoms with Gasteiger partial charge in [-0.3, -0.25) is 24.0 Å². The first-order valence-electron chi connectivity index (χ1n) is 18.7. The molecular formula is C36H66N6O9. The van der Waals surface area contributed by atoms with E-state index in [1.54, 1.807) is 13.8 Å². The van der Waals surface area contributed by atoms with Crippen molar-refractivity contribution in [3.05, 3.63) is 0 Å². The van der Waals surface area contributed by atoms with E-state index in [0.717, 1.165) is 38.5 Å². The van der Waals surface area contributed by atoms with Crippen LogP contribution in [0.3, 0.4) is 0 Å². The molecule has 0 aromatic rings. The summed E-state index contributed by atoms with van der Waals surface area (Å²) in [5.74, 6) is -5.57. The zero-order valence-corrected chi connectivity index (χ0v) is 32.0. The monoisotopic (exact) mass is 726 g/mol. The molecule has 0 spiro atoms. The SMILES string of the molecule is CCCCCCCCCC1OC(=O)C(C(C)C)NC(=O)[C@H](CC(C)C)NC(=O)[C@H]([C@@H](C)O)NC(=O)[C@H](CO)NC(=O)[C@H](CC(C)C)NC(=O)[C@H]1N. The maximum atomic E-state index is 13.7. The predicted octanol–water partition coefficient (Wildman–Crippen LogP) is 0.925. The fraction of sp³-hybridized carbons (Fsp3) is 0.833. The Morgan fingerprint density at radius 2 is 1.08 bits per heavy atom. The number of carbonyl (C=O) groups excluding carboxylic acids is 6. The van der Waals surface area contributed by atoms with Crippen molar-refractivity contribution in [2.24, 2.45) is 23.5 Å². The van der Waals surface area contributed by atoms with Gasteiger partial charge in [0.05, 0.1) is 12.7 Å². The molecule has 5 amide bonds. The highest BCUT2D eigenvalue weighted by molar-refractivity contribution is 5.97. The van der Waals surface area contributed by atoms with E-state index in [1.807, 2.05) is 27.7 Å². The van der Waals surface area contributed by atoms with Crippen molar-refractivity contribution in [2.45, 2.75) is 168 Å². The normalized spacial score (nSPS) is 27.1. The molecule has 51 heavy (non-hydrogen) atoms. The van der Waals surface area contributed by atoms with E-state index >= 15 is 0 Å². The molecule has 1 heterocycles. The molecule has 0 radical (unpaired) electrons. The molecule has 9 N–H and O–H groups in total. The van der Waals surface area contributed by atoms with Crippen molar-refractivity contribution in [1.82, 2.24) is 26.6 Å². The maximum Gasteiger partial charge on any atom is 0.329 e. The molecule has 2 unspecified atom stereocenters. The number of rotatable bonds is 15. The van der Waals surface area contributed by atoms with E-state index in [9.17, 15) is 39.0 Å². The van der Waals surface area contributed by atoms with Crippen LogP contribution in [-0.4, -0.2) is 101 Å². The molecule has 0 aromatic heterocycles. The quantitative estimate of drug-likeness (QED) is 0.0877. The Bertz CT molecular complexity index is 1130. The van der Waals surface area contributed by atoms with Crippen LogP contribution in [0, 0.1) is 17.8 Å². The van der Waals surface area contributed by atoms with Crippen molar-refractivity contribution >= 4 is 35.5 Å². The highest BCUT2D eigenvalue weighted by Gasteiger charge is 2.38. The van der Waals surface area contributed by atoms with Crippen LogP contribution in [0.5, 0.6) is 0 Å². The minimum atomic E-state index is -1.57. The fourth-order valence-corrected chi connectivity index (χ4v) is 5.82. The smallest absolute Gasteiger partial charge is 0.329 e. The number of aliphatic hydroxyl groups is 2. The van der Waals surface area contributed by atoms with E-state index in [2.05, 4.69) is 33.5 Å². The summed E-state index contributed by atoms with van der Waals surface area (Å²) in [6.45, 7) is 13.3. The molecule has 15 nitrogen and oxygen atoms in total. The summed E-state index contributed by atoms with van der Waals surface area (Å²) < 4.78 is 5.90. The van der Waals surface area contributed by atoms with Gasteiger partial charge in [-0.15, -0.1) is 0 Å². The average Bonchev–Trinajstić information content (AvgIpc) is 3.04. The van der Waals surface area contributed by atoms with Gasteiger partial charge in [0, 0.05) is 0 Å². The number of nitrogens with one attached hydrogen (secondary N) is 5. The van der Waals surface area contributed by atoms with Gasteiger partial charge in [-0.1, -0.05) is 87.0 Å². The minimum Gasteiger partial charge on any atom is -0.459 e. The number of amides is 5. The van der Waals surface area contributed by atoms with Crippen LogP contribution < -0.4 is 32.3 Å². The second-order valence-corrected chi connectivity index (χ2v) is 15.0. The second kappa shape index (κ2) is 23.3.